The van der Waals surface area contributed by atoms with E-state index in [1.807, 2.05) is 23.9 Å². The first-order valence-corrected chi connectivity index (χ1v) is 8.45. The highest BCUT2D eigenvalue weighted by molar-refractivity contribution is 5.92. The molecular formula is C17H26N6O2. The predicted octanol–water partition coefficient (Wildman–Crippen LogP) is 1.16. The number of carbonyl (C=O) groups is 1. The van der Waals surface area contributed by atoms with Crippen LogP contribution in [-0.2, 0) is 6.54 Å². The van der Waals surface area contributed by atoms with Crippen LogP contribution in [0.15, 0.2) is 40.2 Å². The van der Waals surface area contributed by atoms with Crippen molar-refractivity contribution in [3.05, 3.63) is 42.1 Å². The van der Waals surface area contributed by atoms with E-state index in [9.17, 15) is 4.79 Å². The van der Waals surface area contributed by atoms with Gasteiger partial charge in [0.1, 0.15) is 0 Å². The van der Waals surface area contributed by atoms with Gasteiger partial charge in [-0.25, -0.2) is 0 Å². The van der Waals surface area contributed by atoms with Crippen molar-refractivity contribution in [2.75, 3.05) is 26.7 Å². The molecule has 2 aromatic heterocycles. The van der Waals surface area contributed by atoms with E-state index < -0.39 is 0 Å². The van der Waals surface area contributed by atoms with Crippen LogP contribution >= 0.6 is 0 Å². The van der Waals surface area contributed by atoms with Crippen LogP contribution in [-0.4, -0.2) is 48.3 Å². The lowest BCUT2D eigenvalue weighted by Gasteiger charge is -2.12. The molecule has 8 nitrogen and oxygen atoms in total. The second-order valence-corrected chi connectivity index (χ2v) is 5.59. The lowest BCUT2D eigenvalue weighted by Crippen LogP contribution is -2.39. The molecule has 0 spiro atoms. The minimum Gasteiger partial charge on any atom is -0.459 e. The number of furan rings is 1. The first-order valence-electron chi connectivity index (χ1n) is 8.45. The summed E-state index contributed by atoms with van der Waals surface area (Å²) >= 11 is 0. The van der Waals surface area contributed by atoms with Gasteiger partial charge in [0.15, 0.2) is 11.7 Å². The zero-order valence-electron chi connectivity index (χ0n) is 14.8. The van der Waals surface area contributed by atoms with E-state index in [1.54, 1.807) is 19.3 Å². The number of carbonyl (C=O) groups excluding carboxylic acids is 1. The summed E-state index contributed by atoms with van der Waals surface area (Å²) in [6, 6.07) is 3.69. The highest BCUT2D eigenvalue weighted by Crippen LogP contribution is 2.07. The standard InChI is InChI=1S/C17H26N6O2/c1-14-6-13-25-15(14)16(24)19-7-3-8-20-17(18-2)21-9-4-11-23-12-5-10-22-23/h5-6,10,12-13H,3-4,7-9,11H2,1-2H3,(H,19,24)(H2,18,20,21). The molecule has 1 amide bonds. The molecule has 0 bridgehead atoms. The molecule has 2 rings (SSSR count). The van der Waals surface area contributed by atoms with Gasteiger partial charge in [-0.3, -0.25) is 14.5 Å². The van der Waals surface area contributed by atoms with Crippen LogP contribution < -0.4 is 16.0 Å². The summed E-state index contributed by atoms with van der Waals surface area (Å²) in [5, 5.41) is 13.5. The fourth-order valence-corrected chi connectivity index (χ4v) is 2.28. The Morgan fingerprint density at radius 2 is 2.00 bits per heavy atom. The zero-order chi connectivity index (χ0) is 17.9. The Morgan fingerprint density at radius 1 is 1.24 bits per heavy atom. The highest BCUT2D eigenvalue weighted by Gasteiger charge is 2.11. The van der Waals surface area contributed by atoms with Gasteiger partial charge in [-0.05, 0) is 31.9 Å². The molecule has 0 saturated carbocycles. The molecular weight excluding hydrogens is 320 g/mol. The summed E-state index contributed by atoms with van der Waals surface area (Å²) in [7, 11) is 1.74. The number of rotatable bonds is 9. The summed E-state index contributed by atoms with van der Waals surface area (Å²) in [6.07, 6.45) is 7.00. The smallest absolute Gasteiger partial charge is 0.287 e. The summed E-state index contributed by atoms with van der Waals surface area (Å²) in [4.78, 5) is 16.1. The molecule has 2 aromatic rings. The molecule has 0 aliphatic carbocycles. The van der Waals surface area contributed by atoms with Gasteiger partial charge in [0.05, 0.1) is 6.26 Å². The Balaban J connectivity index is 1.53. The molecule has 0 unspecified atom stereocenters. The number of aliphatic imine (C=N–C) groups is 1. The van der Waals surface area contributed by atoms with Gasteiger partial charge < -0.3 is 20.4 Å². The molecule has 0 aliphatic rings. The Kier molecular flexibility index (Phi) is 7.55. The van der Waals surface area contributed by atoms with E-state index in [1.165, 1.54) is 6.26 Å². The number of amides is 1. The van der Waals surface area contributed by atoms with Gasteiger partial charge in [0.25, 0.3) is 5.91 Å². The summed E-state index contributed by atoms with van der Waals surface area (Å²) in [6.45, 7) is 4.82. The maximum atomic E-state index is 11.9. The minimum atomic E-state index is -0.177. The summed E-state index contributed by atoms with van der Waals surface area (Å²) in [5.74, 6) is 0.958. The van der Waals surface area contributed by atoms with E-state index in [0.29, 0.717) is 12.3 Å². The third kappa shape index (κ3) is 6.33. The molecule has 8 heteroatoms. The first kappa shape index (κ1) is 18.6. The third-order valence-electron chi connectivity index (χ3n) is 3.64. The van der Waals surface area contributed by atoms with Crippen molar-refractivity contribution in [1.82, 2.24) is 25.7 Å². The van der Waals surface area contributed by atoms with Crippen LogP contribution in [0.1, 0.15) is 29.0 Å². The van der Waals surface area contributed by atoms with Crippen molar-refractivity contribution in [2.24, 2.45) is 4.99 Å². The van der Waals surface area contributed by atoms with Crippen molar-refractivity contribution >= 4 is 11.9 Å². The fourth-order valence-electron chi connectivity index (χ4n) is 2.28. The molecule has 0 aliphatic heterocycles. The number of aromatic nitrogens is 2. The maximum Gasteiger partial charge on any atom is 0.287 e. The lowest BCUT2D eigenvalue weighted by atomic mass is 10.2. The van der Waals surface area contributed by atoms with Crippen molar-refractivity contribution < 1.29 is 9.21 Å². The Morgan fingerprint density at radius 3 is 2.64 bits per heavy atom. The molecule has 0 radical (unpaired) electrons. The van der Waals surface area contributed by atoms with E-state index in [0.717, 1.165) is 44.0 Å². The average molecular weight is 346 g/mol. The van der Waals surface area contributed by atoms with Gasteiger partial charge in [-0.15, -0.1) is 0 Å². The number of hydrogen-bond donors (Lipinski definition) is 3. The SMILES string of the molecule is CN=C(NCCCNC(=O)c1occc1C)NCCCn1cccn1. The van der Waals surface area contributed by atoms with Gasteiger partial charge in [0.2, 0.25) is 0 Å². The normalized spacial score (nSPS) is 11.4. The van der Waals surface area contributed by atoms with Crippen LogP contribution in [0.25, 0.3) is 0 Å². The molecule has 0 saturated heterocycles. The molecule has 0 atom stereocenters. The third-order valence-corrected chi connectivity index (χ3v) is 3.64. The number of aryl methyl sites for hydroxylation is 2. The van der Waals surface area contributed by atoms with Crippen LogP contribution in [0.4, 0.5) is 0 Å². The second-order valence-electron chi connectivity index (χ2n) is 5.59. The topological polar surface area (TPSA) is 96.5 Å². The summed E-state index contributed by atoms with van der Waals surface area (Å²) < 4.78 is 7.06. The quantitative estimate of drug-likeness (QED) is 0.360. The van der Waals surface area contributed by atoms with Crippen molar-refractivity contribution in [1.29, 1.82) is 0 Å². The van der Waals surface area contributed by atoms with Crippen LogP contribution in [0, 0.1) is 6.92 Å². The Hall–Kier alpha value is -2.77. The van der Waals surface area contributed by atoms with Crippen molar-refractivity contribution in [3.8, 4) is 0 Å². The van der Waals surface area contributed by atoms with Crippen molar-refractivity contribution in [3.63, 3.8) is 0 Å². The Labute approximate surface area is 147 Å². The number of hydrogen-bond acceptors (Lipinski definition) is 4. The van der Waals surface area contributed by atoms with Gasteiger partial charge in [-0.1, -0.05) is 0 Å². The van der Waals surface area contributed by atoms with Gasteiger partial charge >= 0.3 is 0 Å². The van der Waals surface area contributed by atoms with E-state index >= 15 is 0 Å². The molecule has 0 aromatic carbocycles. The van der Waals surface area contributed by atoms with E-state index in [-0.39, 0.29) is 5.91 Å². The maximum absolute atomic E-state index is 11.9. The molecule has 25 heavy (non-hydrogen) atoms. The monoisotopic (exact) mass is 346 g/mol. The lowest BCUT2D eigenvalue weighted by molar-refractivity contribution is 0.0925. The zero-order valence-corrected chi connectivity index (χ0v) is 14.8. The highest BCUT2D eigenvalue weighted by atomic mass is 16.3. The van der Waals surface area contributed by atoms with Gasteiger partial charge in [-0.2, -0.15) is 5.10 Å². The summed E-state index contributed by atoms with van der Waals surface area (Å²) in [5.41, 5.74) is 0.843. The average Bonchev–Trinajstić information content (AvgIpc) is 3.27. The molecule has 0 fully saturated rings. The molecule has 136 valence electrons. The Bertz CT molecular complexity index is 662. The number of guanidine groups is 1. The molecule has 2 heterocycles. The van der Waals surface area contributed by atoms with Crippen LogP contribution in [0.5, 0.6) is 0 Å². The fraction of sp³-hybridized carbons (Fsp3) is 0.471. The number of nitrogens with zero attached hydrogens (tertiary/aromatic N) is 3. The largest absolute Gasteiger partial charge is 0.459 e. The van der Waals surface area contributed by atoms with E-state index in [2.05, 4.69) is 26.0 Å². The van der Waals surface area contributed by atoms with Gasteiger partial charge in [0, 0.05) is 51.2 Å². The van der Waals surface area contributed by atoms with Crippen molar-refractivity contribution in [2.45, 2.75) is 26.3 Å². The van der Waals surface area contributed by atoms with E-state index in [4.69, 9.17) is 4.42 Å². The van der Waals surface area contributed by atoms with Crippen LogP contribution in [0.3, 0.4) is 0 Å². The van der Waals surface area contributed by atoms with Crippen LogP contribution in [0.2, 0.25) is 0 Å². The second kappa shape index (κ2) is 10.2. The number of nitrogens with one attached hydrogen (secondary N) is 3. The minimum absolute atomic E-state index is 0.177. The molecule has 3 N–H and O–H groups in total. The predicted molar refractivity (Wildman–Crippen MR) is 96.6 cm³/mol. The first-order chi connectivity index (χ1) is 12.2.